The van der Waals surface area contributed by atoms with Crippen molar-refractivity contribution in [3.05, 3.63) is 83.1 Å². The van der Waals surface area contributed by atoms with Crippen LogP contribution in [0.4, 0.5) is 20.6 Å². The van der Waals surface area contributed by atoms with E-state index in [2.05, 4.69) is 22.8 Å². The number of benzene rings is 2. The van der Waals surface area contributed by atoms with E-state index < -0.39 is 11.7 Å². The van der Waals surface area contributed by atoms with Crippen LogP contribution < -0.4 is 10.6 Å². The molecule has 1 aromatic heterocycles. The molecule has 0 aliphatic carbocycles. The molecule has 2 N–H and O–H groups in total. The third kappa shape index (κ3) is 4.20. The molecule has 1 aliphatic heterocycles. The Morgan fingerprint density at radius 3 is 2.33 bits per heavy atom. The minimum absolute atomic E-state index is 0.0123. The second-order valence-corrected chi connectivity index (χ2v) is 7.23. The second kappa shape index (κ2) is 8.41. The smallest absolute Gasteiger partial charge is 0.321 e. The van der Waals surface area contributed by atoms with Crippen molar-refractivity contribution in [1.82, 2.24) is 4.90 Å². The number of aryl methyl sites for hydroxylation is 1. The Balaban J connectivity index is 1.43. The number of carbonyl (C=O) groups excluding carboxylic acids is 2. The van der Waals surface area contributed by atoms with Gasteiger partial charge in [0.15, 0.2) is 0 Å². The van der Waals surface area contributed by atoms with E-state index in [1.165, 1.54) is 41.7 Å². The molecule has 0 atom stereocenters. The second-order valence-electron chi connectivity index (χ2n) is 7.23. The van der Waals surface area contributed by atoms with Crippen molar-refractivity contribution in [2.24, 2.45) is 0 Å². The van der Waals surface area contributed by atoms with E-state index in [0.717, 1.165) is 12.8 Å². The maximum absolute atomic E-state index is 14.2. The quantitative estimate of drug-likeness (QED) is 0.666. The number of anilines is 2. The van der Waals surface area contributed by atoms with E-state index in [-0.39, 0.29) is 11.7 Å². The first-order valence-electron chi connectivity index (χ1n) is 9.79. The van der Waals surface area contributed by atoms with Gasteiger partial charge < -0.3 is 20.0 Å². The van der Waals surface area contributed by atoms with Crippen LogP contribution >= 0.6 is 0 Å². The normalized spacial score (nSPS) is 13.3. The number of urea groups is 1. The van der Waals surface area contributed by atoms with Gasteiger partial charge in [-0.2, -0.15) is 0 Å². The number of furan rings is 1. The van der Waals surface area contributed by atoms with E-state index in [4.69, 9.17) is 4.42 Å². The number of halogens is 1. The van der Waals surface area contributed by atoms with Crippen LogP contribution in [0.5, 0.6) is 0 Å². The Kier molecular flexibility index (Phi) is 5.52. The number of rotatable bonds is 3. The van der Waals surface area contributed by atoms with Crippen molar-refractivity contribution < 1.29 is 18.4 Å². The van der Waals surface area contributed by atoms with Crippen molar-refractivity contribution in [2.45, 2.75) is 19.8 Å². The lowest BCUT2D eigenvalue weighted by molar-refractivity contribution is 0.102. The molecule has 3 amide bonds. The van der Waals surface area contributed by atoms with E-state index in [9.17, 15) is 14.0 Å². The Hall–Kier alpha value is -3.61. The van der Waals surface area contributed by atoms with Crippen molar-refractivity contribution in [2.75, 3.05) is 23.7 Å². The van der Waals surface area contributed by atoms with Crippen LogP contribution in [0.15, 0.2) is 59.2 Å². The number of carbonyl (C=O) groups is 2. The average molecular weight is 407 g/mol. The monoisotopic (exact) mass is 407 g/mol. The molecule has 1 aliphatic rings. The van der Waals surface area contributed by atoms with Crippen LogP contribution in [0.1, 0.15) is 27.2 Å². The number of fused-ring (bicyclic) bond motifs is 1. The highest BCUT2D eigenvalue weighted by Gasteiger charge is 2.19. The molecule has 4 rings (SSSR count). The van der Waals surface area contributed by atoms with Gasteiger partial charge in [-0.15, -0.1) is 0 Å². The molecule has 0 bridgehead atoms. The summed E-state index contributed by atoms with van der Waals surface area (Å²) in [4.78, 5) is 26.8. The van der Waals surface area contributed by atoms with Crippen molar-refractivity contribution in [3.63, 3.8) is 0 Å². The van der Waals surface area contributed by atoms with Crippen molar-refractivity contribution in [1.29, 1.82) is 0 Å². The van der Waals surface area contributed by atoms with Crippen LogP contribution in [0.2, 0.25) is 0 Å². The lowest BCUT2D eigenvalue weighted by Gasteiger charge is -2.21. The fourth-order valence-corrected chi connectivity index (χ4v) is 3.58. The summed E-state index contributed by atoms with van der Waals surface area (Å²) in [5.41, 5.74) is 3.24. The minimum Gasteiger partial charge on any atom is -0.469 e. The van der Waals surface area contributed by atoms with Gasteiger partial charge in [0, 0.05) is 18.8 Å². The zero-order valence-electron chi connectivity index (χ0n) is 16.6. The number of nitrogens with zero attached hydrogens (tertiary/aromatic N) is 1. The third-order valence-corrected chi connectivity index (χ3v) is 5.28. The van der Waals surface area contributed by atoms with Gasteiger partial charge >= 0.3 is 6.03 Å². The molecule has 0 unspecified atom stereocenters. The Morgan fingerprint density at radius 2 is 1.70 bits per heavy atom. The van der Waals surface area contributed by atoms with Crippen LogP contribution in [0, 0.1) is 12.7 Å². The zero-order chi connectivity index (χ0) is 21.1. The van der Waals surface area contributed by atoms with Crippen LogP contribution in [0.25, 0.3) is 0 Å². The highest BCUT2D eigenvalue weighted by Crippen LogP contribution is 2.22. The van der Waals surface area contributed by atoms with Gasteiger partial charge in [-0.05, 0) is 55.2 Å². The predicted molar refractivity (Wildman–Crippen MR) is 112 cm³/mol. The maximum Gasteiger partial charge on any atom is 0.321 e. The summed E-state index contributed by atoms with van der Waals surface area (Å²) < 4.78 is 19.3. The Bertz CT molecular complexity index is 1070. The summed E-state index contributed by atoms with van der Waals surface area (Å²) >= 11 is 0. The average Bonchev–Trinajstić information content (AvgIpc) is 3.05. The van der Waals surface area contributed by atoms with Gasteiger partial charge in [-0.25, -0.2) is 9.18 Å². The van der Waals surface area contributed by atoms with Gasteiger partial charge in [0.05, 0.1) is 17.5 Å². The van der Waals surface area contributed by atoms with E-state index in [0.29, 0.717) is 30.1 Å². The van der Waals surface area contributed by atoms with Crippen molar-refractivity contribution in [3.8, 4) is 0 Å². The van der Waals surface area contributed by atoms with Gasteiger partial charge in [0.25, 0.3) is 5.91 Å². The van der Waals surface area contributed by atoms with Gasteiger partial charge in [0.2, 0.25) is 0 Å². The fraction of sp³-hybridized carbons (Fsp3) is 0.217. The standard InChI is InChI=1S/C23H22FN3O3/c1-15-19(10-13-30-15)22(28)26-21-14-18(6-7-20(21)24)25-23(29)27-11-8-16-4-2-3-5-17(16)9-12-27/h2-7,10,13-14H,8-9,11-12H2,1H3,(H,25,29)(H,26,28). The molecule has 30 heavy (non-hydrogen) atoms. The van der Waals surface area contributed by atoms with Crippen LogP contribution in [0.3, 0.4) is 0 Å². The fourth-order valence-electron chi connectivity index (χ4n) is 3.58. The molecule has 0 fully saturated rings. The summed E-state index contributed by atoms with van der Waals surface area (Å²) in [7, 11) is 0. The molecule has 0 saturated carbocycles. The van der Waals surface area contributed by atoms with Crippen molar-refractivity contribution >= 4 is 23.3 Å². The lowest BCUT2D eigenvalue weighted by atomic mass is 10.0. The molecule has 154 valence electrons. The number of amides is 3. The van der Waals surface area contributed by atoms with E-state index >= 15 is 0 Å². The Morgan fingerprint density at radius 1 is 1.00 bits per heavy atom. The van der Waals surface area contributed by atoms with E-state index in [1.54, 1.807) is 11.8 Å². The zero-order valence-corrected chi connectivity index (χ0v) is 16.6. The third-order valence-electron chi connectivity index (χ3n) is 5.28. The molecular formula is C23H22FN3O3. The molecule has 0 saturated heterocycles. The highest BCUT2D eigenvalue weighted by molar-refractivity contribution is 6.05. The molecule has 7 heteroatoms. The van der Waals surface area contributed by atoms with Crippen LogP contribution in [-0.2, 0) is 12.8 Å². The molecule has 2 heterocycles. The molecule has 0 radical (unpaired) electrons. The summed E-state index contributed by atoms with van der Waals surface area (Å²) in [6, 6.07) is 13.6. The molecule has 2 aromatic carbocycles. The Labute approximate surface area is 173 Å². The van der Waals surface area contributed by atoms with Crippen LogP contribution in [-0.4, -0.2) is 29.9 Å². The molecular weight excluding hydrogens is 385 g/mol. The summed E-state index contributed by atoms with van der Waals surface area (Å²) in [5, 5.41) is 5.33. The van der Waals surface area contributed by atoms with E-state index in [1.807, 2.05) is 12.1 Å². The van der Waals surface area contributed by atoms with Gasteiger partial charge in [-0.1, -0.05) is 24.3 Å². The number of hydrogen-bond acceptors (Lipinski definition) is 3. The first-order valence-corrected chi connectivity index (χ1v) is 9.79. The molecule has 0 spiro atoms. The molecule has 3 aromatic rings. The lowest BCUT2D eigenvalue weighted by Crippen LogP contribution is -2.36. The number of nitrogens with one attached hydrogen (secondary N) is 2. The summed E-state index contributed by atoms with van der Waals surface area (Å²) in [6.07, 6.45) is 2.98. The minimum atomic E-state index is -0.590. The maximum atomic E-state index is 14.2. The highest BCUT2D eigenvalue weighted by atomic mass is 19.1. The largest absolute Gasteiger partial charge is 0.469 e. The summed E-state index contributed by atoms with van der Waals surface area (Å²) in [6.45, 7) is 2.86. The molecule has 6 nitrogen and oxygen atoms in total. The predicted octanol–water partition coefficient (Wildman–Crippen LogP) is 4.61. The first kappa shape index (κ1) is 19.7. The van der Waals surface area contributed by atoms with Gasteiger partial charge in [0.1, 0.15) is 11.6 Å². The van der Waals surface area contributed by atoms with Gasteiger partial charge in [-0.3, -0.25) is 4.79 Å². The topological polar surface area (TPSA) is 74.6 Å². The number of hydrogen-bond donors (Lipinski definition) is 2. The SMILES string of the molecule is Cc1occc1C(=O)Nc1cc(NC(=O)N2CCc3ccccc3CC2)ccc1F. The first-order chi connectivity index (χ1) is 14.5. The summed E-state index contributed by atoms with van der Waals surface area (Å²) in [5.74, 6) is -0.624.